The van der Waals surface area contributed by atoms with Crippen LogP contribution in [0.15, 0.2) is 59.6 Å². The van der Waals surface area contributed by atoms with E-state index in [2.05, 4.69) is 14.8 Å². The van der Waals surface area contributed by atoms with Gasteiger partial charge in [-0.2, -0.15) is 0 Å². The molecule has 0 bridgehead atoms. The lowest BCUT2D eigenvalue weighted by atomic mass is 10.1. The summed E-state index contributed by atoms with van der Waals surface area (Å²) in [5.41, 5.74) is 2.92. The molecule has 0 atom stereocenters. The summed E-state index contributed by atoms with van der Waals surface area (Å²) in [6, 6.07) is 12.1. The van der Waals surface area contributed by atoms with Crippen LogP contribution in [-0.4, -0.2) is 37.2 Å². The summed E-state index contributed by atoms with van der Waals surface area (Å²) in [7, 11) is -1.25. The summed E-state index contributed by atoms with van der Waals surface area (Å²) in [6.07, 6.45) is 1.72. The number of benzene rings is 2. The summed E-state index contributed by atoms with van der Waals surface area (Å²) in [4.78, 5) is 4.23. The van der Waals surface area contributed by atoms with E-state index in [9.17, 15) is 12.8 Å². The highest BCUT2D eigenvalue weighted by molar-refractivity contribution is 7.92. The van der Waals surface area contributed by atoms with E-state index in [1.165, 1.54) is 20.3 Å². The van der Waals surface area contributed by atoms with Gasteiger partial charge in [-0.1, -0.05) is 12.1 Å². The first-order chi connectivity index (χ1) is 14.8. The van der Waals surface area contributed by atoms with Gasteiger partial charge in [0.1, 0.15) is 16.5 Å². The Morgan fingerprint density at radius 1 is 1.03 bits per heavy atom. The van der Waals surface area contributed by atoms with Gasteiger partial charge < -0.3 is 9.47 Å². The summed E-state index contributed by atoms with van der Waals surface area (Å²) in [5.74, 6) is -0.194. The van der Waals surface area contributed by atoms with E-state index in [-0.39, 0.29) is 10.6 Å². The van der Waals surface area contributed by atoms with Gasteiger partial charge in [-0.3, -0.25) is 4.72 Å². The highest BCUT2D eigenvalue weighted by atomic mass is 32.2. The van der Waals surface area contributed by atoms with E-state index in [4.69, 9.17) is 9.47 Å². The van der Waals surface area contributed by atoms with Gasteiger partial charge in [0.15, 0.2) is 5.65 Å². The van der Waals surface area contributed by atoms with Crippen LogP contribution in [0.5, 0.6) is 11.6 Å². The molecule has 8 nitrogen and oxygen atoms in total. The number of hydrogen-bond donors (Lipinski definition) is 1. The van der Waals surface area contributed by atoms with Crippen LogP contribution in [-0.2, 0) is 10.0 Å². The van der Waals surface area contributed by atoms with Crippen molar-refractivity contribution in [2.75, 3.05) is 18.9 Å². The van der Waals surface area contributed by atoms with Gasteiger partial charge in [-0.15, -0.1) is 5.10 Å². The largest absolute Gasteiger partial charge is 0.495 e. The topological polar surface area (TPSA) is 94.8 Å². The van der Waals surface area contributed by atoms with E-state index in [1.54, 1.807) is 41.9 Å². The number of nitrogens with one attached hydrogen (secondary N) is 1. The van der Waals surface area contributed by atoms with Crippen molar-refractivity contribution in [3.05, 3.63) is 66.1 Å². The lowest BCUT2D eigenvalue weighted by Crippen LogP contribution is -2.15. The second-order valence-electron chi connectivity index (χ2n) is 6.73. The van der Waals surface area contributed by atoms with E-state index < -0.39 is 15.8 Å². The third kappa shape index (κ3) is 4.02. The van der Waals surface area contributed by atoms with Gasteiger partial charge in [-0.05, 0) is 42.8 Å². The van der Waals surface area contributed by atoms with Crippen molar-refractivity contribution in [3.8, 4) is 22.9 Å². The van der Waals surface area contributed by atoms with Crippen LogP contribution in [0.25, 0.3) is 16.9 Å². The first-order valence-corrected chi connectivity index (χ1v) is 10.7. The Labute approximate surface area is 178 Å². The number of hydrogen-bond acceptors (Lipinski definition) is 6. The molecule has 2 aromatic carbocycles. The van der Waals surface area contributed by atoms with Crippen molar-refractivity contribution in [3.63, 3.8) is 0 Å². The number of aryl methyl sites for hydroxylation is 1. The number of nitrogens with zero attached hydrogens (tertiary/aromatic N) is 3. The minimum absolute atomic E-state index is 0.0445. The van der Waals surface area contributed by atoms with Crippen LogP contribution < -0.4 is 14.2 Å². The second-order valence-corrected chi connectivity index (χ2v) is 8.39. The fourth-order valence-corrected chi connectivity index (χ4v) is 4.37. The van der Waals surface area contributed by atoms with E-state index in [0.29, 0.717) is 34.0 Å². The van der Waals surface area contributed by atoms with Crippen molar-refractivity contribution < 1.29 is 22.3 Å². The molecule has 4 rings (SSSR count). The number of rotatable bonds is 6. The molecule has 2 aromatic heterocycles. The molecule has 0 saturated heterocycles. The molecule has 0 fully saturated rings. The van der Waals surface area contributed by atoms with E-state index in [0.717, 1.165) is 12.1 Å². The minimum atomic E-state index is -4.10. The van der Waals surface area contributed by atoms with Crippen LogP contribution in [0.4, 0.5) is 10.1 Å². The fourth-order valence-electron chi connectivity index (χ4n) is 3.06. The van der Waals surface area contributed by atoms with Gasteiger partial charge in [0.25, 0.3) is 10.0 Å². The normalized spacial score (nSPS) is 11.5. The lowest BCUT2D eigenvalue weighted by Gasteiger charge is -2.14. The molecule has 0 aliphatic heterocycles. The predicted octanol–water partition coefficient (Wildman–Crippen LogP) is 3.66. The first kappa shape index (κ1) is 20.6. The molecule has 0 radical (unpaired) electrons. The second kappa shape index (κ2) is 7.88. The van der Waals surface area contributed by atoms with Crippen LogP contribution in [0.2, 0.25) is 0 Å². The molecule has 0 aliphatic carbocycles. The number of fused-ring (bicyclic) bond motifs is 1. The lowest BCUT2D eigenvalue weighted by molar-refractivity contribution is 0.390. The summed E-state index contributed by atoms with van der Waals surface area (Å²) in [5, 5.41) is 4.28. The molecule has 0 saturated carbocycles. The number of aromatic nitrogens is 3. The number of halogens is 1. The van der Waals surface area contributed by atoms with Crippen molar-refractivity contribution in [2.45, 2.75) is 11.8 Å². The third-order valence-electron chi connectivity index (χ3n) is 4.70. The number of methoxy groups -OCH3 is 2. The molecule has 31 heavy (non-hydrogen) atoms. The maximum Gasteiger partial charge on any atom is 0.265 e. The Bertz CT molecular complexity index is 1390. The summed E-state index contributed by atoms with van der Waals surface area (Å²) >= 11 is 0. The van der Waals surface area contributed by atoms with Crippen molar-refractivity contribution in [2.24, 2.45) is 0 Å². The van der Waals surface area contributed by atoms with Crippen molar-refractivity contribution in [1.82, 2.24) is 14.6 Å². The highest BCUT2D eigenvalue weighted by Gasteiger charge is 2.22. The zero-order chi connectivity index (χ0) is 22.2. The number of anilines is 1. The fraction of sp³-hybridized carbons (Fsp3) is 0.143. The Morgan fingerprint density at radius 2 is 1.84 bits per heavy atom. The number of imidazole rings is 1. The van der Waals surface area contributed by atoms with Crippen LogP contribution in [0.1, 0.15) is 5.56 Å². The van der Waals surface area contributed by atoms with Gasteiger partial charge in [0.05, 0.1) is 31.8 Å². The molecular weight excluding hydrogens is 423 g/mol. The average molecular weight is 442 g/mol. The third-order valence-corrected chi connectivity index (χ3v) is 6.08. The Hall–Kier alpha value is -3.66. The Balaban J connectivity index is 1.73. The predicted molar refractivity (Wildman–Crippen MR) is 113 cm³/mol. The van der Waals surface area contributed by atoms with Crippen molar-refractivity contribution >= 4 is 21.4 Å². The highest BCUT2D eigenvalue weighted by Crippen LogP contribution is 2.30. The Morgan fingerprint density at radius 3 is 2.58 bits per heavy atom. The molecule has 0 amide bonds. The smallest absolute Gasteiger partial charge is 0.265 e. The molecule has 160 valence electrons. The van der Waals surface area contributed by atoms with Gasteiger partial charge in [-0.25, -0.2) is 22.3 Å². The molecule has 1 N–H and O–H groups in total. The molecule has 10 heteroatoms. The van der Waals surface area contributed by atoms with Crippen molar-refractivity contribution in [1.29, 1.82) is 0 Å². The van der Waals surface area contributed by atoms with Gasteiger partial charge >= 0.3 is 0 Å². The van der Waals surface area contributed by atoms with Crippen LogP contribution in [0.3, 0.4) is 0 Å². The number of ether oxygens (including phenoxy) is 2. The average Bonchev–Trinajstić information content (AvgIpc) is 3.18. The molecule has 2 heterocycles. The minimum Gasteiger partial charge on any atom is -0.495 e. The van der Waals surface area contributed by atoms with E-state index >= 15 is 0 Å². The monoisotopic (exact) mass is 442 g/mol. The maximum absolute atomic E-state index is 13.7. The zero-order valence-corrected chi connectivity index (χ0v) is 17.8. The van der Waals surface area contributed by atoms with Crippen LogP contribution >= 0.6 is 0 Å². The molecule has 0 spiro atoms. The Kier molecular flexibility index (Phi) is 5.24. The summed E-state index contributed by atoms with van der Waals surface area (Å²) in [6.45, 7) is 1.76. The molecule has 4 aromatic rings. The summed E-state index contributed by atoms with van der Waals surface area (Å²) < 4.78 is 53.9. The zero-order valence-electron chi connectivity index (χ0n) is 17.0. The quantitative estimate of drug-likeness (QED) is 0.490. The van der Waals surface area contributed by atoms with Gasteiger partial charge in [0.2, 0.25) is 5.88 Å². The first-order valence-electron chi connectivity index (χ1n) is 9.18. The van der Waals surface area contributed by atoms with Crippen LogP contribution in [0, 0.1) is 12.7 Å². The molecule has 0 unspecified atom stereocenters. The SMILES string of the molecule is COc1ccc2nc(-c3ccc(C)c(NS(=O)(=O)c4cc(F)ccc4OC)c3)cn2n1. The van der Waals surface area contributed by atoms with Gasteiger partial charge in [0, 0.05) is 11.6 Å². The standard InChI is InChI=1S/C21H19FN4O4S/c1-13-4-5-14(17-12-26-20(23-17)8-9-21(24-26)30-3)10-16(13)25-31(27,28)19-11-15(22)6-7-18(19)29-2/h4-12,25H,1-3H3. The molecular formula is C21H19FN4O4S. The maximum atomic E-state index is 13.7. The number of sulfonamides is 1. The molecule has 0 aliphatic rings. The van der Waals surface area contributed by atoms with E-state index in [1.807, 2.05) is 6.07 Å².